The third-order valence-corrected chi connectivity index (χ3v) is 3.02. The van der Waals surface area contributed by atoms with Gasteiger partial charge in [-0.1, -0.05) is 0 Å². The number of nitrogens with zero attached hydrogens (tertiary/aromatic N) is 2. The van der Waals surface area contributed by atoms with Gasteiger partial charge >= 0.3 is 0 Å². The average Bonchev–Trinajstić information content (AvgIpc) is 2.58. The molecule has 0 aliphatic heterocycles. The summed E-state index contributed by atoms with van der Waals surface area (Å²) in [5, 5.41) is 23.3. The number of benzene rings is 1. The Kier molecular flexibility index (Phi) is 2.51. The van der Waals surface area contributed by atoms with Crippen molar-refractivity contribution in [2.75, 3.05) is 5.73 Å². The zero-order valence-electron chi connectivity index (χ0n) is 8.48. The van der Waals surface area contributed by atoms with Crippen LogP contribution in [0.25, 0.3) is 11.1 Å². The molecule has 0 radical (unpaired) electrons. The SMILES string of the molecule is Cn1ncc(-c2ccc(Br)c(O)c2O)c1N. The van der Waals surface area contributed by atoms with Crippen LogP contribution in [0.15, 0.2) is 22.8 Å². The molecule has 1 heterocycles. The Hall–Kier alpha value is -1.69. The summed E-state index contributed by atoms with van der Waals surface area (Å²) in [6.45, 7) is 0. The van der Waals surface area contributed by atoms with E-state index in [1.54, 1.807) is 19.2 Å². The van der Waals surface area contributed by atoms with E-state index >= 15 is 0 Å². The molecule has 2 rings (SSSR count). The molecule has 16 heavy (non-hydrogen) atoms. The van der Waals surface area contributed by atoms with E-state index in [4.69, 9.17) is 5.73 Å². The van der Waals surface area contributed by atoms with E-state index in [0.29, 0.717) is 21.4 Å². The standard InChI is InChI=1S/C10H10BrN3O2/c1-14-10(12)6(4-13-14)5-2-3-7(11)9(16)8(5)15/h2-4,15-16H,12H2,1H3. The van der Waals surface area contributed by atoms with Crippen LogP contribution in [0.1, 0.15) is 0 Å². The summed E-state index contributed by atoms with van der Waals surface area (Å²) in [6, 6.07) is 3.29. The van der Waals surface area contributed by atoms with Gasteiger partial charge in [0.25, 0.3) is 0 Å². The minimum atomic E-state index is -0.214. The maximum Gasteiger partial charge on any atom is 0.172 e. The van der Waals surface area contributed by atoms with E-state index in [1.807, 2.05) is 0 Å². The van der Waals surface area contributed by atoms with Crippen molar-refractivity contribution < 1.29 is 10.2 Å². The van der Waals surface area contributed by atoms with Crippen molar-refractivity contribution >= 4 is 21.7 Å². The second-order valence-corrected chi connectivity index (χ2v) is 4.21. The van der Waals surface area contributed by atoms with Gasteiger partial charge in [0.2, 0.25) is 0 Å². The Labute approximate surface area is 100 Å². The number of aromatic nitrogens is 2. The van der Waals surface area contributed by atoms with Crippen LogP contribution >= 0.6 is 15.9 Å². The van der Waals surface area contributed by atoms with Crippen molar-refractivity contribution in [3.05, 3.63) is 22.8 Å². The molecule has 0 atom stereocenters. The number of aromatic hydroxyl groups is 2. The number of halogens is 1. The highest BCUT2D eigenvalue weighted by Crippen LogP contribution is 2.42. The first-order valence-corrected chi connectivity index (χ1v) is 5.30. The summed E-state index contributed by atoms with van der Waals surface area (Å²) in [5.74, 6) is 0.00634. The lowest BCUT2D eigenvalue weighted by atomic mass is 10.1. The smallest absolute Gasteiger partial charge is 0.172 e. The summed E-state index contributed by atoms with van der Waals surface area (Å²) in [5.41, 5.74) is 6.82. The van der Waals surface area contributed by atoms with Gasteiger partial charge in [0.1, 0.15) is 5.82 Å². The molecule has 5 nitrogen and oxygen atoms in total. The van der Waals surface area contributed by atoms with Gasteiger partial charge in [-0.2, -0.15) is 5.10 Å². The topological polar surface area (TPSA) is 84.3 Å². The average molecular weight is 284 g/mol. The van der Waals surface area contributed by atoms with Crippen molar-refractivity contribution in [1.29, 1.82) is 0 Å². The fourth-order valence-electron chi connectivity index (χ4n) is 1.43. The molecule has 0 aliphatic carbocycles. The van der Waals surface area contributed by atoms with E-state index in [9.17, 15) is 10.2 Å². The summed E-state index contributed by atoms with van der Waals surface area (Å²) >= 11 is 3.11. The fourth-order valence-corrected chi connectivity index (χ4v) is 1.75. The lowest BCUT2D eigenvalue weighted by Crippen LogP contribution is -1.98. The molecular formula is C10H10BrN3O2. The Morgan fingerprint density at radius 1 is 1.25 bits per heavy atom. The van der Waals surface area contributed by atoms with Gasteiger partial charge < -0.3 is 15.9 Å². The first-order chi connectivity index (χ1) is 7.52. The van der Waals surface area contributed by atoms with E-state index in [-0.39, 0.29) is 11.5 Å². The van der Waals surface area contributed by atoms with Gasteiger partial charge in [0, 0.05) is 18.2 Å². The number of aryl methyl sites for hydroxylation is 1. The summed E-state index contributed by atoms with van der Waals surface area (Å²) in [6.07, 6.45) is 1.54. The van der Waals surface area contributed by atoms with Crippen molar-refractivity contribution in [1.82, 2.24) is 9.78 Å². The quantitative estimate of drug-likeness (QED) is 0.698. The number of nitrogens with two attached hydrogens (primary N) is 1. The third kappa shape index (κ3) is 1.51. The van der Waals surface area contributed by atoms with E-state index in [2.05, 4.69) is 21.0 Å². The van der Waals surface area contributed by atoms with Crippen LogP contribution in [0.4, 0.5) is 5.82 Å². The van der Waals surface area contributed by atoms with Gasteiger partial charge in [-0.3, -0.25) is 4.68 Å². The number of phenols is 2. The lowest BCUT2D eigenvalue weighted by molar-refractivity contribution is 0.403. The third-order valence-electron chi connectivity index (χ3n) is 2.38. The van der Waals surface area contributed by atoms with E-state index < -0.39 is 0 Å². The highest BCUT2D eigenvalue weighted by Gasteiger charge is 2.15. The van der Waals surface area contributed by atoms with Crippen molar-refractivity contribution in [3.63, 3.8) is 0 Å². The predicted octanol–water partition coefficient (Wildman–Crippen LogP) is 1.84. The van der Waals surface area contributed by atoms with Gasteiger partial charge in [-0.05, 0) is 28.1 Å². The summed E-state index contributed by atoms with van der Waals surface area (Å²) < 4.78 is 1.92. The Balaban J connectivity index is 2.66. The van der Waals surface area contributed by atoms with E-state index in [1.165, 1.54) is 10.9 Å². The van der Waals surface area contributed by atoms with Gasteiger partial charge in [0.15, 0.2) is 11.5 Å². The maximum atomic E-state index is 9.79. The molecule has 0 spiro atoms. The fraction of sp³-hybridized carbons (Fsp3) is 0.100. The van der Waals surface area contributed by atoms with Gasteiger partial charge in [-0.25, -0.2) is 0 Å². The molecule has 6 heteroatoms. The molecule has 0 saturated carbocycles. The zero-order valence-corrected chi connectivity index (χ0v) is 10.1. The summed E-state index contributed by atoms with van der Waals surface area (Å²) in [7, 11) is 1.70. The van der Waals surface area contributed by atoms with E-state index in [0.717, 1.165) is 0 Å². The lowest BCUT2D eigenvalue weighted by Gasteiger charge is -2.07. The second kappa shape index (κ2) is 3.71. The molecule has 0 bridgehead atoms. The molecule has 0 fully saturated rings. The highest BCUT2D eigenvalue weighted by atomic mass is 79.9. The van der Waals surface area contributed by atoms with Crippen LogP contribution in [-0.4, -0.2) is 20.0 Å². The van der Waals surface area contributed by atoms with Crippen LogP contribution in [0, 0.1) is 0 Å². The van der Waals surface area contributed by atoms with Gasteiger partial charge in [0.05, 0.1) is 10.7 Å². The van der Waals surface area contributed by atoms with Crippen molar-refractivity contribution in [2.45, 2.75) is 0 Å². The largest absolute Gasteiger partial charge is 0.504 e. The molecular weight excluding hydrogens is 274 g/mol. The molecule has 0 amide bonds. The van der Waals surface area contributed by atoms with Crippen molar-refractivity contribution in [2.24, 2.45) is 7.05 Å². The van der Waals surface area contributed by atoms with Crippen LogP contribution in [0.2, 0.25) is 0 Å². The maximum absolute atomic E-state index is 9.79. The number of anilines is 1. The van der Waals surface area contributed by atoms with Gasteiger partial charge in [-0.15, -0.1) is 0 Å². The van der Waals surface area contributed by atoms with Crippen LogP contribution in [-0.2, 0) is 7.05 Å². The summed E-state index contributed by atoms with van der Waals surface area (Å²) in [4.78, 5) is 0. The molecule has 84 valence electrons. The molecule has 0 unspecified atom stereocenters. The first kappa shape index (κ1) is 10.8. The second-order valence-electron chi connectivity index (χ2n) is 3.36. The molecule has 4 N–H and O–H groups in total. The van der Waals surface area contributed by atoms with Crippen LogP contribution < -0.4 is 5.73 Å². The van der Waals surface area contributed by atoms with Crippen molar-refractivity contribution in [3.8, 4) is 22.6 Å². The molecule has 0 saturated heterocycles. The number of hydrogen-bond donors (Lipinski definition) is 3. The molecule has 1 aromatic heterocycles. The highest BCUT2D eigenvalue weighted by molar-refractivity contribution is 9.10. The molecule has 0 aliphatic rings. The number of hydrogen-bond acceptors (Lipinski definition) is 4. The predicted molar refractivity (Wildman–Crippen MR) is 64.1 cm³/mol. The van der Waals surface area contributed by atoms with Crippen LogP contribution in [0.5, 0.6) is 11.5 Å². The number of rotatable bonds is 1. The first-order valence-electron chi connectivity index (χ1n) is 4.50. The molecule has 2 aromatic rings. The molecule has 1 aromatic carbocycles. The minimum absolute atomic E-state index is 0.208. The van der Waals surface area contributed by atoms with Crippen LogP contribution in [0.3, 0.4) is 0 Å². The monoisotopic (exact) mass is 283 g/mol. The normalized spacial score (nSPS) is 10.6. The number of phenolic OH excluding ortho intramolecular Hbond substituents is 2. The Morgan fingerprint density at radius 3 is 2.50 bits per heavy atom. The number of nitrogen functional groups attached to an aromatic ring is 1. The Bertz CT molecular complexity index is 551. The minimum Gasteiger partial charge on any atom is -0.504 e. The zero-order chi connectivity index (χ0) is 11.9. The Morgan fingerprint density at radius 2 is 1.94 bits per heavy atom.